The number of piperidine rings is 1. The molecule has 1 fully saturated rings. The van der Waals surface area contributed by atoms with Gasteiger partial charge in [-0.1, -0.05) is 36.2 Å². The van der Waals surface area contributed by atoms with E-state index in [1.165, 1.54) is 22.8 Å². The predicted octanol–water partition coefficient (Wildman–Crippen LogP) is 3.42. The number of Topliss-reactive ketones (excluding diaryl/α,β-unsaturated/α-hetero) is 1. The Bertz CT molecular complexity index is 1410. The summed E-state index contributed by atoms with van der Waals surface area (Å²) >= 11 is 1.16. The highest BCUT2D eigenvalue weighted by molar-refractivity contribution is 7.07. The van der Waals surface area contributed by atoms with Crippen molar-refractivity contribution in [2.45, 2.75) is 40.2 Å². The monoisotopic (exact) mass is 492 g/mol. The summed E-state index contributed by atoms with van der Waals surface area (Å²) < 4.78 is 15.5. The second kappa shape index (κ2) is 10.5. The molecular formula is C28H29FN2O3S. The second-order valence-electron chi connectivity index (χ2n) is 9.34. The Hall–Kier alpha value is -3.32. The molecule has 0 saturated carbocycles. The maximum absolute atomic E-state index is 13.3. The zero-order chi connectivity index (χ0) is 25.1. The van der Waals surface area contributed by atoms with E-state index in [9.17, 15) is 18.8 Å². The zero-order valence-corrected chi connectivity index (χ0v) is 21.0. The van der Waals surface area contributed by atoms with Crippen molar-refractivity contribution in [2.75, 3.05) is 13.1 Å². The number of amides is 1. The van der Waals surface area contributed by atoms with E-state index in [0.717, 1.165) is 35.3 Å². The number of carbonyl (C=O) groups is 2. The van der Waals surface area contributed by atoms with Crippen LogP contribution < -0.4 is 14.8 Å². The Morgan fingerprint density at radius 1 is 1.06 bits per heavy atom. The van der Waals surface area contributed by atoms with E-state index in [2.05, 4.69) is 6.92 Å². The van der Waals surface area contributed by atoms with E-state index in [1.807, 2.05) is 32.0 Å². The van der Waals surface area contributed by atoms with Crippen molar-refractivity contribution >= 4 is 35.2 Å². The number of ketones is 1. The van der Waals surface area contributed by atoms with Gasteiger partial charge in [-0.15, -0.1) is 11.3 Å². The normalized spacial score (nSPS) is 15.6. The fourth-order valence-electron chi connectivity index (χ4n) is 4.31. The van der Waals surface area contributed by atoms with Crippen LogP contribution in [-0.4, -0.2) is 34.2 Å². The minimum Gasteiger partial charge on any atom is -0.341 e. The summed E-state index contributed by atoms with van der Waals surface area (Å²) in [6.45, 7) is 7.26. The van der Waals surface area contributed by atoms with E-state index >= 15 is 0 Å². The first-order chi connectivity index (χ1) is 16.7. The Balaban J connectivity index is 1.76. The number of aryl methyl sites for hydroxylation is 2. The molecule has 0 bridgehead atoms. The zero-order valence-electron chi connectivity index (χ0n) is 20.2. The van der Waals surface area contributed by atoms with Crippen molar-refractivity contribution in [3.8, 4) is 0 Å². The Morgan fingerprint density at radius 2 is 1.69 bits per heavy atom. The summed E-state index contributed by atoms with van der Waals surface area (Å²) in [4.78, 5) is 41.3. The number of hydrogen-bond donors (Lipinski definition) is 0. The molecule has 2 heterocycles. The minimum absolute atomic E-state index is 0.118. The van der Waals surface area contributed by atoms with Crippen LogP contribution in [0.3, 0.4) is 0 Å². The number of nitrogens with zero attached hydrogens (tertiary/aromatic N) is 2. The molecule has 1 amide bonds. The van der Waals surface area contributed by atoms with Crippen LogP contribution in [0.25, 0.3) is 12.2 Å². The second-order valence-corrected chi connectivity index (χ2v) is 10.4. The molecule has 0 N–H and O–H groups in total. The summed E-state index contributed by atoms with van der Waals surface area (Å²) in [6, 6.07) is 11.4. The molecule has 0 atom stereocenters. The van der Waals surface area contributed by atoms with Gasteiger partial charge >= 0.3 is 0 Å². The molecule has 0 radical (unpaired) electrons. The maximum Gasteiger partial charge on any atom is 0.269 e. The van der Waals surface area contributed by atoms with Gasteiger partial charge in [0.2, 0.25) is 5.91 Å². The summed E-state index contributed by atoms with van der Waals surface area (Å²) in [5, 5.41) is 0. The summed E-state index contributed by atoms with van der Waals surface area (Å²) in [5.74, 6) is -0.127. The molecule has 1 aromatic heterocycles. The lowest BCUT2D eigenvalue weighted by Gasteiger charge is -2.30. The van der Waals surface area contributed by atoms with Gasteiger partial charge in [0.25, 0.3) is 5.56 Å². The van der Waals surface area contributed by atoms with E-state index in [4.69, 9.17) is 0 Å². The van der Waals surface area contributed by atoms with Gasteiger partial charge in [-0.25, -0.2) is 4.39 Å². The van der Waals surface area contributed by atoms with E-state index in [-0.39, 0.29) is 29.6 Å². The topological polar surface area (TPSA) is 59.4 Å². The van der Waals surface area contributed by atoms with Gasteiger partial charge in [0.15, 0.2) is 5.78 Å². The lowest BCUT2D eigenvalue weighted by Crippen LogP contribution is -2.43. The first-order valence-electron chi connectivity index (χ1n) is 11.8. The quantitative estimate of drug-likeness (QED) is 0.513. The standard InChI is InChI=1S/C28H29FN2O3S/c1-18-8-10-30(11-9-18)26(33)17-31-27(16-24(32)22-13-19(2)12-20(3)14-22)35-25(28(31)34)15-21-4-6-23(29)7-5-21/h4-7,12-16,18H,8-11,17H2,1-3H3. The number of rotatable bonds is 5. The third kappa shape index (κ3) is 6.03. The third-order valence-corrected chi connectivity index (χ3v) is 7.35. The molecule has 1 aliphatic rings. The van der Waals surface area contributed by atoms with Crippen LogP contribution >= 0.6 is 11.3 Å². The Labute approximate surface area is 207 Å². The van der Waals surface area contributed by atoms with Crippen molar-refractivity contribution in [1.29, 1.82) is 0 Å². The molecule has 0 spiro atoms. The van der Waals surface area contributed by atoms with Gasteiger partial charge in [-0.2, -0.15) is 0 Å². The van der Waals surface area contributed by atoms with Crippen LogP contribution in [0.1, 0.15) is 46.8 Å². The van der Waals surface area contributed by atoms with Gasteiger partial charge in [-0.3, -0.25) is 19.0 Å². The number of thiazole rings is 1. The first kappa shape index (κ1) is 24.8. The number of benzene rings is 2. The molecule has 5 nitrogen and oxygen atoms in total. The molecule has 1 aliphatic heterocycles. The first-order valence-corrected chi connectivity index (χ1v) is 12.6. The number of likely N-dealkylation sites (tertiary alicyclic amines) is 1. The molecule has 0 unspecified atom stereocenters. The van der Waals surface area contributed by atoms with Crippen LogP contribution in [0.15, 0.2) is 47.3 Å². The Kier molecular flexibility index (Phi) is 7.45. The number of halogens is 1. The highest BCUT2D eigenvalue weighted by atomic mass is 32.1. The molecule has 3 aromatic rings. The third-order valence-electron chi connectivity index (χ3n) is 6.29. The molecule has 182 valence electrons. The van der Waals surface area contributed by atoms with Crippen molar-refractivity contribution in [2.24, 2.45) is 5.92 Å². The van der Waals surface area contributed by atoms with Gasteiger partial charge in [-0.05, 0) is 68.5 Å². The van der Waals surface area contributed by atoms with Crippen LogP contribution in [0, 0.1) is 25.6 Å². The van der Waals surface area contributed by atoms with Crippen molar-refractivity contribution in [3.05, 3.63) is 90.1 Å². The number of carbonyl (C=O) groups excluding carboxylic acids is 2. The van der Waals surface area contributed by atoms with Crippen LogP contribution in [-0.2, 0) is 11.3 Å². The fourth-order valence-corrected chi connectivity index (χ4v) is 5.35. The molecule has 7 heteroatoms. The Morgan fingerprint density at radius 3 is 2.31 bits per heavy atom. The molecule has 4 rings (SSSR count). The minimum atomic E-state index is -0.361. The average molecular weight is 493 g/mol. The van der Waals surface area contributed by atoms with Crippen LogP contribution in [0.2, 0.25) is 0 Å². The van der Waals surface area contributed by atoms with Gasteiger partial charge in [0, 0.05) is 24.7 Å². The predicted molar refractivity (Wildman–Crippen MR) is 137 cm³/mol. The molecular weight excluding hydrogens is 463 g/mol. The summed E-state index contributed by atoms with van der Waals surface area (Å²) in [5.41, 5.74) is 2.82. The average Bonchev–Trinajstić information content (AvgIpc) is 3.09. The van der Waals surface area contributed by atoms with Crippen LogP contribution in [0.4, 0.5) is 4.39 Å². The van der Waals surface area contributed by atoms with E-state index in [0.29, 0.717) is 39.3 Å². The summed E-state index contributed by atoms with van der Waals surface area (Å²) in [7, 11) is 0. The molecule has 35 heavy (non-hydrogen) atoms. The highest BCUT2D eigenvalue weighted by Gasteiger charge is 2.21. The maximum atomic E-state index is 13.3. The molecule has 1 saturated heterocycles. The fraction of sp³-hybridized carbons (Fsp3) is 0.321. The largest absolute Gasteiger partial charge is 0.341 e. The lowest BCUT2D eigenvalue weighted by atomic mass is 9.99. The summed E-state index contributed by atoms with van der Waals surface area (Å²) in [6.07, 6.45) is 4.98. The number of aromatic nitrogens is 1. The smallest absolute Gasteiger partial charge is 0.269 e. The van der Waals surface area contributed by atoms with E-state index < -0.39 is 0 Å². The van der Waals surface area contributed by atoms with Gasteiger partial charge in [0.1, 0.15) is 17.0 Å². The van der Waals surface area contributed by atoms with Gasteiger partial charge < -0.3 is 4.90 Å². The van der Waals surface area contributed by atoms with Gasteiger partial charge in [0.05, 0.1) is 4.53 Å². The number of hydrogen-bond acceptors (Lipinski definition) is 4. The highest BCUT2D eigenvalue weighted by Crippen LogP contribution is 2.16. The van der Waals surface area contributed by atoms with Crippen molar-refractivity contribution < 1.29 is 14.0 Å². The van der Waals surface area contributed by atoms with Crippen molar-refractivity contribution in [1.82, 2.24) is 9.47 Å². The van der Waals surface area contributed by atoms with E-state index in [1.54, 1.807) is 23.1 Å². The molecule has 0 aliphatic carbocycles. The van der Waals surface area contributed by atoms with Crippen LogP contribution in [0.5, 0.6) is 0 Å². The lowest BCUT2D eigenvalue weighted by molar-refractivity contribution is -0.133. The molecule has 2 aromatic carbocycles. The van der Waals surface area contributed by atoms with Crippen molar-refractivity contribution in [3.63, 3.8) is 0 Å². The SMILES string of the molecule is Cc1cc(C)cc(C(=O)C=c2sc(=Cc3ccc(F)cc3)c(=O)n2CC(=O)N2CCC(C)CC2)c1.